The molecule has 0 unspecified atom stereocenters. The number of carbonyl (C=O) groups is 2. The van der Waals surface area contributed by atoms with Crippen LogP contribution < -0.4 is 0 Å². The van der Waals surface area contributed by atoms with Crippen molar-refractivity contribution in [1.82, 2.24) is 4.90 Å². The van der Waals surface area contributed by atoms with E-state index in [4.69, 9.17) is 14.2 Å². The molecule has 2 aliphatic rings. The van der Waals surface area contributed by atoms with E-state index in [1.54, 1.807) is 24.3 Å². The van der Waals surface area contributed by atoms with Crippen molar-refractivity contribution in [3.05, 3.63) is 93.7 Å². The van der Waals surface area contributed by atoms with Crippen LogP contribution in [0, 0.1) is 0 Å². The third-order valence-corrected chi connectivity index (χ3v) is 6.94. The maximum Gasteiger partial charge on any atom is 0.262 e. The lowest BCUT2D eigenvalue weighted by molar-refractivity contribution is -0.278. The molecule has 5 rings (SSSR count). The topological polar surface area (TPSA) is 85.3 Å². The quantitative estimate of drug-likeness (QED) is 0.562. The van der Waals surface area contributed by atoms with E-state index in [0.29, 0.717) is 11.1 Å². The van der Waals surface area contributed by atoms with Gasteiger partial charge >= 0.3 is 0 Å². The first kappa shape index (κ1) is 21.9. The molecule has 3 heterocycles. The molecule has 1 N–H and O–H groups in total. The van der Waals surface area contributed by atoms with E-state index in [2.05, 4.69) is 0 Å². The molecule has 1 fully saturated rings. The second-order valence-electron chi connectivity index (χ2n) is 7.94. The van der Waals surface area contributed by atoms with Crippen LogP contribution in [0.3, 0.4) is 0 Å². The Hall–Kier alpha value is -2.88. The van der Waals surface area contributed by atoms with Gasteiger partial charge in [0.05, 0.1) is 17.7 Å². The summed E-state index contributed by atoms with van der Waals surface area (Å²) in [5.41, 5.74) is 1.53. The Morgan fingerprint density at radius 3 is 2.24 bits per heavy atom. The number of aliphatic hydroxyl groups is 1. The minimum atomic E-state index is -1.13. The molecule has 0 bridgehead atoms. The summed E-state index contributed by atoms with van der Waals surface area (Å²) in [6.07, 6.45) is -3.77. The second-order valence-corrected chi connectivity index (χ2v) is 8.92. The lowest BCUT2D eigenvalue weighted by Gasteiger charge is -2.46. The van der Waals surface area contributed by atoms with E-state index >= 15 is 0 Å². The monoisotopic (exact) mass is 465 g/mol. The van der Waals surface area contributed by atoms with Gasteiger partial charge in [-0.3, -0.25) is 14.5 Å². The van der Waals surface area contributed by atoms with Gasteiger partial charge in [-0.25, -0.2) is 0 Å². The minimum absolute atomic E-state index is 0.190. The average Bonchev–Trinajstić information content (AvgIpc) is 3.46. The van der Waals surface area contributed by atoms with E-state index in [9.17, 15) is 14.7 Å². The van der Waals surface area contributed by atoms with Crippen LogP contribution in [0.5, 0.6) is 0 Å². The number of thiophene rings is 1. The van der Waals surface area contributed by atoms with Crippen molar-refractivity contribution in [1.29, 1.82) is 0 Å². The number of methoxy groups -OCH3 is 1. The molecule has 2 aliphatic heterocycles. The molecule has 8 heteroatoms. The maximum absolute atomic E-state index is 13.3. The van der Waals surface area contributed by atoms with Gasteiger partial charge in [0.2, 0.25) is 0 Å². The number of benzene rings is 2. The van der Waals surface area contributed by atoms with Gasteiger partial charge in [-0.05, 0) is 29.1 Å². The third-order valence-electron chi connectivity index (χ3n) is 6.01. The molecule has 0 saturated carbocycles. The molecular weight excluding hydrogens is 442 g/mol. The normalized spacial score (nSPS) is 27.1. The molecule has 33 heavy (non-hydrogen) atoms. The van der Waals surface area contributed by atoms with E-state index in [-0.39, 0.29) is 6.61 Å². The van der Waals surface area contributed by atoms with Crippen molar-refractivity contribution in [3.63, 3.8) is 0 Å². The van der Waals surface area contributed by atoms with Crippen LogP contribution in [-0.2, 0) is 20.8 Å². The van der Waals surface area contributed by atoms with Crippen LogP contribution in [0.15, 0.2) is 72.1 Å². The van der Waals surface area contributed by atoms with Crippen LogP contribution in [0.25, 0.3) is 0 Å². The summed E-state index contributed by atoms with van der Waals surface area (Å²) < 4.78 is 17.9. The van der Waals surface area contributed by atoms with Gasteiger partial charge in [-0.1, -0.05) is 48.5 Å². The van der Waals surface area contributed by atoms with Crippen molar-refractivity contribution in [2.24, 2.45) is 0 Å². The summed E-state index contributed by atoms with van der Waals surface area (Å²) in [6, 6.07) is 18.9. The Labute approximate surface area is 195 Å². The summed E-state index contributed by atoms with van der Waals surface area (Å²) in [4.78, 5) is 28.4. The van der Waals surface area contributed by atoms with Crippen LogP contribution in [0.2, 0.25) is 0 Å². The maximum atomic E-state index is 13.3. The fourth-order valence-electron chi connectivity index (χ4n) is 4.43. The van der Waals surface area contributed by atoms with E-state index in [1.807, 2.05) is 47.8 Å². The zero-order valence-electron chi connectivity index (χ0n) is 17.9. The Morgan fingerprint density at radius 2 is 1.64 bits per heavy atom. The number of carbonyl (C=O) groups excluding carboxylic acids is 2. The predicted octanol–water partition coefficient (Wildman–Crippen LogP) is 3.40. The van der Waals surface area contributed by atoms with Crippen LogP contribution in [0.1, 0.15) is 37.3 Å². The van der Waals surface area contributed by atoms with Gasteiger partial charge < -0.3 is 19.3 Å². The number of amides is 2. The number of nitrogens with zero attached hydrogens (tertiary/aromatic N) is 1. The Balaban J connectivity index is 1.52. The first-order valence-electron chi connectivity index (χ1n) is 10.6. The van der Waals surface area contributed by atoms with Crippen LogP contribution in [-0.4, -0.2) is 53.5 Å². The highest BCUT2D eigenvalue weighted by atomic mass is 32.1. The molecule has 3 aromatic rings. The highest BCUT2D eigenvalue weighted by Gasteiger charge is 2.54. The fourth-order valence-corrected chi connectivity index (χ4v) is 5.23. The van der Waals surface area contributed by atoms with Crippen molar-refractivity contribution in [2.45, 2.75) is 37.3 Å². The molecule has 2 aromatic carbocycles. The van der Waals surface area contributed by atoms with Gasteiger partial charge in [-0.15, -0.1) is 11.3 Å². The van der Waals surface area contributed by atoms with E-state index in [0.717, 1.165) is 15.3 Å². The molecule has 5 atom stereocenters. The largest absolute Gasteiger partial charge is 0.387 e. The predicted molar refractivity (Wildman–Crippen MR) is 121 cm³/mol. The molecule has 1 saturated heterocycles. The number of hydrogen-bond donors (Lipinski definition) is 1. The zero-order chi connectivity index (χ0) is 22.9. The summed E-state index contributed by atoms with van der Waals surface area (Å²) in [7, 11) is 1.45. The molecule has 0 radical (unpaired) electrons. The molecule has 7 nitrogen and oxygen atoms in total. The number of hydrogen-bond acceptors (Lipinski definition) is 7. The van der Waals surface area contributed by atoms with Gasteiger partial charge in [-0.2, -0.15) is 0 Å². The number of ether oxygens (including phenoxy) is 3. The van der Waals surface area contributed by atoms with Crippen molar-refractivity contribution in [2.75, 3.05) is 7.11 Å². The summed E-state index contributed by atoms with van der Waals surface area (Å²) in [5, 5.41) is 13.3. The summed E-state index contributed by atoms with van der Waals surface area (Å²) >= 11 is 1.44. The van der Waals surface area contributed by atoms with Crippen LogP contribution in [0.4, 0.5) is 0 Å². The molecule has 2 amide bonds. The number of aliphatic hydroxyl groups excluding tert-OH is 1. The minimum Gasteiger partial charge on any atom is -0.387 e. The van der Waals surface area contributed by atoms with Crippen LogP contribution >= 0.6 is 11.3 Å². The summed E-state index contributed by atoms with van der Waals surface area (Å²) in [5.74, 6) is -0.914. The van der Waals surface area contributed by atoms with Gasteiger partial charge in [0.1, 0.15) is 24.4 Å². The zero-order valence-corrected chi connectivity index (χ0v) is 18.7. The Kier molecular flexibility index (Phi) is 6.09. The van der Waals surface area contributed by atoms with E-state index in [1.165, 1.54) is 18.4 Å². The van der Waals surface area contributed by atoms with Gasteiger partial charge in [0.25, 0.3) is 11.8 Å². The average molecular weight is 466 g/mol. The van der Waals surface area contributed by atoms with Gasteiger partial charge in [0, 0.05) is 12.0 Å². The lowest BCUT2D eigenvalue weighted by Crippen LogP contribution is -2.63. The Morgan fingerprint density at radius 1 is 0.970 bits per heavy atom. The first-order chi connectivity index (χ1) is 16.1. The van der Waals surface area contributed by atoms with Crippen molar-refractivity contribution < 1.29 is 28.9 Å². The molecule has 0 aliphatic carbocycles. The molecule has 0 spiro atoms. The fraction of sp³-hybridized carbons (Fsp3) is 0.280. The molecule has 1 aromatic heterocycles. The molecule has 170 valence electrons. The molecular formula is C25H23NO6S. The Bertz CT molecular complexity index is 1100. The SMILES string of the molecule is CO[C@@H]1O[C@@H](c2cccs2)[C@@H](O)[C@H](OCc2ccccc2)[C@H]1N1C(=O)c2ccccc2C1=O. The first-order valence-corrected chi connectivity index (χ1v) is 11.5. The highest BCUT2D eigenvalue weighted by Crippen LogP contribution is 2.40. The van der Waals surface area contributed by atoms with Crippen molar-refractivity contribution >= 4 is 23.2 Å². The number of imide groups is 1. The van der Waals surface area contributed by atoms with Crippen molar-refractivity contribution in [3.8, 4) is 0 Å². The van der Waals surface area contributed by atoms with E-state index < -0.39 is 42.5 Å². The van der Waals surface area contributed by atoms with Gasteiger partial charge in [0.15, 0.2) is 6.29 Å². The third kappa shape index (κ3) is 3.90. The lowest BCUT2D eigenvalue weighted by atomic mass is 9.94. The number of fused-ring (bicyclic) bond motifs is 1. The standard InChI is InChI=1S/C25H23NO6S/c1-30-25-19(26-23(28)16-10-5-6-11-17(16)24(26)29)22(31-14-15-8-3-2-4-9-15)20(27)21(32-25)18-12-7-13-33-18/h2-13,19-22,25,27H,14H2,1H3/t19-,20-,21+,22-,25-/m1/s1. The second kappa shape index (κ2) is 9.17. The highest BCUT2D eigenvalue weighted by molar-refractivity contribution is 7.10. The smallest absolute Gasteiger partial charge is 0.262 e. The summed E-state index contributed by atoms with van der Waals surface area (Å²) in [6.45, 7) is 0.190. The number of rotatable bonds is 6.